The van der Waals surface area contributed by atoms with Crippen molar-refractivity contribution < 1.29 is 5.11 Å². The summed E-state index contributed by atoms with van der Waals surface area (Å²) in [7, 11) is 0. The molecule has 0 radical (unpaired) electrons. The summed E-state index contributed by atoms with van der Waals surface area (Å²) in [6.07, 6.45) is 3.34. The van der Waals surface area contributed by atoms with Gasteiger partial charge < -0.3 is 10.4 Å². The monoisotopic (exact) mass is 180 g/mol. The third-order valence-corrected chi connectivity index (χ3v) is 1.89. The Kier molecular flexibility index (Phi) is 3.86. The number of nitrogens with zero attached hydrogens (tertiary/aromatic N) is 1. The van der Waals surface area contributed by atoms with Gasteiger partial charge in [-0.05, 0) is 31.0 Å². The lowest BCUT2D eigenvalue weighted by Crippen LogP contribution is -2.24. The molecule has 1 heterocycles. The van der Waals surface area contributed by atoms with E-state index in [4.69, 9.17) is 5.11 Å². The third kappa shape index (κ3) is 3.53. The molecule has 1 atom stereocenters. The number of aliphatic hydroxyl groups excluding tert-OH is 1. The molecule has 0 saturated heterocycles. The molecule has 2 N–H and O–H groups in total. The van der Waals surface area contributed by atoms with Crippen LogP contribution in [0.15, 0.2) is 18.5 Å². The van der Waals surface area contributed by atoms with Crippen molar-refractivity contribution in [3.63, 3.8) is 0 Å². The number of aromatic nitrogens is 1. The highest BCUT2D eigenvalue weighted by molar-refractivity contribution is 5.21. The van der Waals surface area contributed by atoms with Gasteiger partial charge in [-0.3, -0.25) is 4.98 Å². The predicted molar refractivity (Wildman–Crippen MR) is 52.4 cm³/mol. The Hall–Kier alpha value is -0.930. The molecule has 72 valence electrons. The molecule has 3 nitrogen and oxygen atoms in total. The van der Waals surface area contributed by atoms with Crippen LogP contribution < -0.4 is 5.32 Å². The molecule has 0 bridgehead atoms. The number of aliphatic hydroxyl groups is 1. The Labute approximate surface area is 78.8 Å². The summed E-state index contributed by atoms with van der Waals surface area (Å²) in [6, 6.07) is 1.99. The van der Waals surface area contributed by atoms with Crippen LogP contribution in [0.5, 0.6) is 0 Å². The average molecular weight is 180 g/mol. The van der Waals surface area contributed by atoms with Gasteiger partial charge in [-0.1, -0.05) is 0 Å². The zero-order valence-electron chi connectivity index (χ0n) is 8.12. The van der Waals surface area contributed by atoms with Crippen LogP contribution in [0.3, 0.4) is 0 Å². The first kappa shape index (κ1) is 10.2. The highest BCUT2D eigenvalue weighted by Gasteiger charge is 1.98. The van der Waals surface area contributed by atoms with Crippen LogP contribution in [-0.2, 0) is 6.54 Å². The lowest BCUT2D eigenvalue weighted by Gasteiger charge is -2.08. The van der Waals surface area contributed by atoms with E-state index in [1.165, 1.54) is 11.1 Å². The van der Waals surface area contributed by atoms with Gasteiger partial charge in [-0.2, -0.15) is 0 Å². The van der Waals surface area contributed by atoms with Crippen molar-refractivity contribution >= 4 is 0 Å². The second kappa shape index (κ2) is 4.94. The van der Waals surface area contributed by atoms with Crippen molar-refractivity contribution in [1.29, 1.82) is 0 Å². The van der Waals surface area contributed by atoms with Crippen molar-refractivity contribution in [2.45, 2.75) is 26.5 Å². The fraction of sp³-hybridized carbons (Fsp3) is 0.500. The normalized spacial score (nSPS) is 12.8. The first-order chi connectivity index (χ1) is 6.20. The van der Waals surface area contributed by atoms with Crippen molar-refractivity contribution in [2.24, 2.45) is 0 Å². The van der Waals surface area contributed by atoms with Crippen molar-refractivity contribution in [3.8, 4) is 0 Å². The van der Waals surface area contributed by atoms with Gasteiger partial charge in [0.25, 0.3) is 0 Å². The highest BCUT2D eigenvalue weighted by Crippen LogP contribution is 2.03. The molecule has 0 unspecified atom stereocenters. The molecule has 13 heavy (non-hydrogen) atoms. The standard InChI is InChI=1S/C10H16N2O/c1-8-5-11-4-3-10(8)7-12-6-9(2)13/h3-5,9,12-13H,6-7H2,1-2H3/t9-/m0/s1. The zero-order valence-corrected chi connectivity index (χ0v) is 8.12. The second-order valence-corrected chi connectivity index (χ2v) is 3.28. The number of pyridine rings is 1. The molecule has 0 fully saturated rings. The quantitative estimate of drug-likeness (QED) is 0.722. The molecular formula is C10H16N2O. The van der Waals surface area contributed by atoms with E-state index in [1.807, 2.05) is 19.2 Å². The van der Waals surface area contributed by atoms with Crippen LogP contribution in [0.1, 0.15) is 18.1 Å². The van der Waals surface area contributed by atoms with Gasteiger partial charge in [-0.25, -0.2) is 0 Å². The SMILES string of the molecule is Cc1cnccc1CNC[C@H](C)O. The van der Waals surface area contributed by atoms with Crippen molar-refractivity contribution in [1.82, 2.24) is 10.3 Å². The summed E-state index contributed by atoms with van der Waals surface area (Å²) in [5, 5.41) is 12.2. The predicted octanol–water partition coefficient (Wildman–Crippen LogP) is 0.860. The summed E-state index contributed by atoms with van der Waals surface area (Å²) >= 11 is 0. The molecule has 1 aromatic rings. The topological polar surface area (TPSA) is 45.2 Å². The first-order valence-corrected chi connectivity index (χ1v) is 4.48. The van der Waals surface area contributed by atoms with Crippen LogP contribution in [-0.4, -0.2) is 22.7 Å². The molecule has 0 saturated carbocycles. The van der Waals surface area contributed by atoms with Gasteiger partial charge in [-0.15, -0.1) is 0 Å². The van der Waals surface area contributed by atoms with E-state index in [9.17, 15) is 0 Å². The molecular weight excluding hydrogens is 164 g/mol. The molecule has 0 aromatic carbocycles. The van der Waals surface area contributed by atoms with Crippen LogP contribution in [0, 0.1) is 6.92 Å². The number of nitrogens with one attached hydrogen (secondary N) is 1. The minimum atomic E-state index is -0.290. The number of hydrogen-bond acceptors (Lipinski definition) is 3. The number of hydrogen-bond donors (Lipinski definition) is 2. The number of rotatable bonds is 4. The van der Waals surface area contributed by atoms with Gasteiger partial charge in [0.05, 0.1) is 6.10 Å². The van der Waals surface area contributed by atoms with Gasteiger partial charge >= 0.3 is 0 Å². The minimum absolute atomic E-state index is 0.290. The summed E-state index contributed by atoms with van der Waals surface area (Å²) in [5.41, 5.74) is 2.41. The maximum Gasteiger partial charge on any atom is 0.0636 e. The van der Waals surface area contributed by atoms with Gasteiger partial charge in [0, 0.05) is 25.5 Å². The third-order valence-electron chi connectivity index (χ3n) is 1.89. The van der Waals surface area contributed by atoms with Crippen molar-refractivity contribution in [3.05, 3.63) is 29.6 Å². The lowest BCUT2D eigenvalue weighted by molar-refractivity contribution is 0.191. The van der Waals surface area contributed by atoms with E-state index < -0.39 is 0 Å². The molecule has 0 aliphatic heterocycles. The highest BCUT2D eigenvalue weighted by atomic mass is 16.3. The molecule has 0 aliphatic rings. The van der Waals surface area contributed by atoms with Gasteiger partial charge in [0.15, 0.2) is 0 Å². The second-order valence-electron chi connectivity index (χ2n) is 3.28. The van der Waals surface area contributed by atoms with E-state index in [1.54, 1.807) is 13.1 Å². The van der Waals surface area contributed by atoms with Gasteiger partial charge in [0.2, 0.25) is 0 Å². The summed E-state index contributed by atoms with van der Waals surface area (Å²) < 4.78 is 0. The van der Waals surface area contributed by atoms with Crippen LogP contribution in [0.25, 0.3) is 0 Å². The summed E-state index contributed by atoms with van der Waals surface area (Å²) in [5.74, 6) is 0. The Morgan fingerprint density at radius 3 is 3.00 bits per heavy atom. The van der Waals surface area contributed by atoms with Crippen LogP contribution in [0.2, 0.25) is 0 Å². The first-order valence-electron chi connectivity index (χ1n) is 4.48. The number of aryl methyl sites for hydroxylation is 1. The molecule has 0 spiro atoms. The Balaban J connectivity index is 2.41. The fourth-order valence-electron chi connectivity index (χ4n) is 1.12. The summed E-state index contributed by atoms with van der Waals surface area (Å²) in [6.45, 7) is 5.22. The lowest BCUT2D eigenvalue weighted by atomic mass is 10.1. The maximum atomic E-state index is 9.02. The van der Waals surface area contributed by atoms with E-state index in [-0.39, 0.29) is 6.10 Å². The average Bonchev–Trinajstić information content (AvgIpc) is 2.08. The minimum Gasteiger partial charge on any atom is -0.392 e. The Morgan fingerprint density at radius 1 is 1.62 bits per heavy atom. The maximum absolute atomic E-state index is 9.02. The van der Waals surface area contributed by atoms with Crippen LogP contribution in [0.4, 0.5) is 0 Å². The Bertz CT molecular complexity index is 261. The molecule has 3 heteroatoms. The Morgan fingerprint density at radius 2 is 2.38 bits per heavy atom. The summed E-state index contributed by atoms with van der Waals surface area (Å²) in [4.78, 5) is 4.01. The smallest absolute Gasteiger partial charge is 0.0636 e. The molecule has 1 aromatic heterocycles. The van der Waals surface area contributed by atoms with Crippen LogP contribution >= 0.6 is 0 Å². The largest absolute Gasteiger partial charge is 0.392 e. The molecule has 1 rings (SSSR count). The zero-order chi connectivity index (χ0) is 9.68. The van der Waals surface area contributed by atoms with E-state index in [0.717, 1.165) is 6.54 Å². The molecule has 0 aliphatic carbocycles. The van der Waals surface area contributed by atoms with E-state index >= 15 is 0 Å². The van der Waals surface area contributed by atoms with Crippen molar-refractivity contribution in [2.75, 3.05) is 6.54 Å². The van der Waals surface area contributed by atoms with Gasteiger partial charge in [0.1, 0.15) is 0 Å². The fourth-order valence-corrected chi connectivity index (χ4v) is 1.12. The van der Waals surface area contributed by atoms with E-state index in [0.29, 0.717) is 6.54 Å². The van der Waals surface area contributed by atoms with E-state index in [2.05, 4.69) is 10.3 Å². The molecule has 0 amide bonds.